The maximum Gasteiger partial charge on any atom is 0.259 e. The third kappa shape index (κ3) is 4.57. The number of hydrogen-bond acceptors (Lipinski definition) is 6. The summed E-state index contributed by atoms with van der Waals surface area (Å²) >= 11 is 0. The summed E-state index contributed by atoms with van der Waals surface area (Å²) in [6.45, 7) is 11.8. The van der Waals surface area contributed by atoms with E-state index in [0.717, 1.165) is 11.1 Å². The van der Waals surface area contributed by atoms with Crippen molar-refractivity contribution in [2.75, 3.05) is 5.32 Å². The van der Waals surface area contributed by atoms with Crippen LogP contribution >= 0.6 is 0 Å². The lowest BCUT2D eigenvalue weighted by atomic mass is 9.99. The van der Waals surface area contributed by atoms with Crippen LogP contribution in [-0.2, 0) is 5.54 Å². The first-order valence-corrected chi connectivity index (χ1v) is 11.0. The van der Waals surface area contributed by atoms with E-state index in [9.17, 15) is 9.18 Å². The summed E-state index contributed by atoms with van der Waals surface area (Å²) in [5.41, 5.74) is 2.47. The molecule has 0 saturated carbocycles. The van der Waals surface area contributed by atoms with E-state index in [1.807, 2.05) is 45.5 Å². The second-order valence-electron chi connectivity index (χ2n) is 9.39. The molecule has 0 unspecified atom stereocenters. The molecule has 4 aromatic rings. The largest absolute Gasteiger partial charge is 0.306 e. The Morgan fingerprint density at radius 2 is 1.94 bits per heavy atom. The van der Waals surface area contributed by atoms with Gasteiger partial charge in [-0.2, -0.15) is 5.10 Å². The van der Waals surface area contributed by atoms with Gasteiger partial charge in [-0.25, -0.2) is 14.1 Å². The molecular formula is C24H27FN8O. The lowest BCUT2D eigenvalue weighted by Gasteiger charge is -2.18. The van der Waals surface area contributed by atoms with E-state index in [0.29, 0.717) is 17.1 Å². The zero-order valence-electron chi connectivity index (χ0n) is 20.0. The molecule has 3 heterocycles. The number of amides is 1. The van der Waals surface area contributed by atoms with Gasteiger partial charge >= 0.3 is 0 Å². The standard InChI is InChI=1S/C24H27FN8O/c1-14(2)33-22(29-30-31-33)20-8-7-9-21(27-20)28-23(34)18-11-17(15(3)10-19(18)25)16-12-26-32(13-16)24(4,5)6/h7-14H,1-6H3,(H,27,28,34). The first-order chi connectivity index (χ1) is 16.0. The van der Waals surface area contributed by atoms with Gasteiger partial charge in [0.1, 0.15) is 17.3 Å². The number of tetrazole rings is 1. The van der Waals surface area contributed by atoms with Crippen molar-refractivity contribution in [2.45, 2.75) is 53.1 Å². The van der Waals surface area contributed by atoms with Crippen molar-refractivity contribution >= 4 is 11.7 Å². The van der Waals surface area contributed by atoms with Crippen LogP contribution in [0.25, 0.3) is 22.6 Å². The first kappa shape index (κ1) is 23.2. The number of carbonyl (C=O) groups excluding carboxylic acids is 1. The third-order valence-corrected chi connectivity index (χ3v) is 5.34. The molecule has 1 amide bonds. The Morgan fingerprint density at radius 3 is 2.62 bits per heavy atom. The van der Waals surface area contributed by atoms with E-state index in [1.165, 1.54) is 6.07 Å². The molecule has 0 saturated heterocycles. The van der Waals surface area contributed by atoms with E-state index < -0.39 is 11.7 Å². The summed E-state index contributed by atoms with van der Waals surface area (Å²) in [5.74, 6) is -0.467. The van der Waals surface area contributed by atoms with Crippen LogP contribution in [0.2, 0.25) is 0 Å². The first-order valence-electron chi connectivity index (χ1n) is 11.0. The van der Waals surface area contributed by atoms with Crippen LogP contribution in [0.3, 0.4) is 0 Å². The van der Waals surface area contributed by atoms with Gasteiger partial charge in [0, 0.05) is 11.8 Å². The minimum atomic E-state index is -0.609. The van der Waals surface area contributed by atoms with Crippen molar-refractivity contribution in [2.24, 2.45) is 0 Å². The van der Waals surface area contributed by atoms with Crippen LogP contribution in [-0.4, -0.2) is 40.9 Å². The average Bonchev–Trinajstić information content (AvgIpc) is 3.44. The number of pyridine rings is 1. The summed E-state index contributed by atoms with van der Waals surface area (Å²) in [7, 11) is 0. The molecule has 10 heteroatoms. The lowest BCUT2D eigenvalue weighted by Crippen LogP contribution is -2.21. The number of aryl methyl sites for hydroxylation is 1. The molecule has 1 N–H and O–H groups in total. The number of hydrogen-bond donors (Lipinski definition) is 1. The minimum Gasteiger partial charge on any atom is -0.306 e. The molecule has 0 spiro atoms. The van der Waals surface area contributed by atoms with E-state index in [4.69, 9.17) is 0 Å². The molecule has 9 nitrogen and oxygen atoms in total. The topological polar surface area (TPSA) is 103 Å². The molecule has 0 aliphatic rings. The van der Waals surface area contributed by atoms with Gasteiger partial charge in [0.15, 0.2) is 0 Å². The van der Waals surface area contributed by atoms with E-state index in [1.54, 1.807) is 42.1 Å². The lowest BCUT2D eigenvalue weighted by molar-refractivity contribution is 0.102. The predicted octanol–water partition coefficient (Wildman–Crippen LogP) is 4.63. The van der Waals surface area contributed by atoms with Crippen LogP contribution in [0.5, 0.6) is 0 Å². The molecule has 0 fully saturated rings. The van der Waals surface area contributed by atoms with E-state index in [2.05, 4.69) is 30.9 Å². The van der Waals surface area contributed by atoms with Crippen molar-refractivity contribution in [3.8, 4) is 22.6 Å². The highest BCUT2D eigenvalue weighted by Crippen LogP contribution is 2.28. The van der Waals surface area contributed by atoms with Gasteiger partial charge in [-0.15, -0.1) is 5.10 Å². The highest BCUT2D eigenvalue weighted by molar-refractivity contribution is 6.05. The Kier molecular flexibility index (Phi) is 5.99. The van der Waals surface area contributed by atoms with Gasteiger partial charge in [0.2, 0.25) is 5.82 Å². The fourth-order valence-electron chi connectivity index (χ4n) is 3.51. The Hall–Kier alpha value is -3.95. The predicted molar refractivity (Wildman–Crippen MR) is 127 cm³/mol. The van der Waals surface area contributed by atoms with Crippen LogP contribution < -0.4 is 5.32 Å². The number of benzene rings is 1. The van der Waals surface area contributed by atoms with Gasteiger partial charge in [-0.1, -0.05) is 6.07 Å². The fourth-order valence-corrected chi connectivity index (χ4v) is 3.51. The average molecular weight is 463 g/mol. The number of carbonyl (C=O) groups is 1. The maximum atomic E-state index is 14.8. The number of aromatic nitrogens is 7. The molecule has 3 aromatic heterocycles. The molecule has 4 rings (SSSR count). The van der Waals surface area contributed by atoms with Crippen molar-refractivity contribution in [3.63, 3.8) is 0 Å². The second kappa shape index (κ2) is 8.77. The monoisotopic (exact) mass is 462 g/mol. The van der Waals surface area contributed by atoms with Crippen molar-refractivity contribution in [3.05, 3.63) is 59.7 Å². The fraction of sp³-hybridized carbons (Fsp3) is 0.333. The summed E-state index contributed by atoms with van der Waals surface area (Å²) in [6.07, 6.45) is 3.61. The molecule has 1 aromatic carbocycles. The van der Waals surface area contributed by atoms with E-state index >= 15 is 0 Å². The second-order valence-corrected chi connectivity index (χ2v) is 9.39. The van der Waals surface area contributed by atoms with Gasteiger partial charge < -0.3 is 5.32 Å². The quantitative estimate of drug-likeness (QED) is 0.464. The minimum absolute atomic E-state index is 0.0350. The van der Waals surface area contributed by atoms with Gasteiger partial charge in [0.05, 0.1) is 23.3 Å². The summed E-state index contributed by atoms with van der Waals surface area (Å²) < 4.78 is 18.3. The van der Waals surface area contributed by atoms with Crippen LogP contribution in [0.4, 0.5) is 10.2 Å². The molecule has 34 heavy (non-hydrogen) atoms. The summed E-state index contributed by atoms with van der Waals surface area (Å²) in [6, 6.07) is 8.05. The number of halogens is 1. The Bertz CT molecular complexity index is 1350. The molecule has 0 bridgehead atoms. The SMILES string of the molecule is Cc1cc(F)c(C(=O)Nc2cccc(-c3nnnn3C(C)C)n2)cc1-c1cnn(C(C)(C)C)c1. The van der Waals surface area contributed by atoms with Gasteiger partial charge in [-0.05, 0) is 87.4 Å². The molecule has 0 aliphatic carbocycles. The zero-order chi connectivity index (χ0) is 24.6. The molecule has 176 valence electrons. The van der Waals surface area contributed by atoms with Gasteiger partial charge in [0.25, 0.3) is 5.91 Å². The Balaban J connectivity index is 1.64. The Labute approximate surface area is 197 Å². The van der Waals surface area contributed by atoms with Crippen LogP contribution in [0.15, 0.2) is 42.7 Å². The smallest absolute Gasteiger partial charge is 0.259 e. The highest BCUT2D eigenvalue weighted by atomic mass is 19.1. The van der Waals surface area contributed by atoms with Crippen molar-refractivity contribution < 1.29 is 9.18 Å². The zero-order valence-corrected chi connectivity index (χ0v) is 20.0. The Morgan fingerprint density at radius 1 is 1.18 bits per heavy atom. The normalized spacial score (nSPS) is 11.8. The number of anilines is 1. The highest BCUT2D eigenvalue weighted by Gasteiger charge is 2.20. The van der Waals surface area contributed by atoms with Crippen LogP contribution in [0, 0.1) is 12.7 Å². The third-order valence-electron chi connectivity index (χ3n) is 5.34. The molecule has 0 radical (unpaired) electrons. The number of nitrogens with one attached hydrogen (secondary N) is 1. The molecule has 0 atom stereocenters. The summed E-state index contributed by atoms with van der Waals surface area (Å²) in [4.78, 5) is 17.5. The van der Waals surface area contributed by atoms with Gasteiger partial charge in [-0.3, -0.25) is 9.48 Å². The van der Waals surface area contributed by atoms with E-state index in [-0.39, 0.29) is 23.0 Å². The number of nitrogens with zero attached hydrogens (tertiary/aromatic N) is 7. The number of rotatable bonds is 5. The maximum absolute atomic E-state index is 14.8. The molecular weight excluding hydrogens is 435 g/mol. The van der Waals surface area contributed by atoms with Crippen LogP contribution in [0.1, 0.15) is 56.6 Å². The summed E-state index contributed by atoms with van der Waals surface area (Å²) in [5, 5.41) is 18.8. The van der Waals surface area contributed by atoms with Crippen molar-refractivity contribution in [1.82, 2.24) is 35.0 Å². The molecule has 0 aliphatic heterocycles. The van der Waals surface area contributed by atoms with Crippen molar-refractivity contribution in [1.29, 1.82) is 0 Å².